The predicted molar refractivity (Wildman–Crippen MR) is 59.4 cm³/mol. The van der Waals surface area contributed by atoms with E-state index in [9.17, 15) is 15.0 Å². The van der Waals surface area contributed by atoms with Crippen LogP contribution in [0.3, 0.4) is 0 Å². The standard InChI is InChI=1S/C12H15NO3/c1-7-4-8(5-7)13-12(16)10-6-9(14)2-3-11(10)15/h2-3,6-8,14-15H,4-5H2,1H3,(H,13,16). The Labute approximate surface area is 93.9 Å². The lowest BCUT2D eigenvalue weighted by atomic mass is 9.82. The minimum atomic E-state index is -0.328. The van der Waals surface area contributed by atoms with Gasteiger partial charge in [-0.05, 0) is 37.0 Å². The summed E-state index contributed by atoms with van der Waals surface area (Å²) in [5.74, 6) is 0.195. The maximum absolute atomic E-state index is 11.7. The van der Waals surface area contributed by atoms with E-state index < -0.39 is 0 Å². The first-order chi connectivity index (χ1) is 7.56. The Kier molecular flexibility index (Phi) is 2.73. The molecule has 1 aromatic rings. The van der Waals surface area contributed by atoms with E-state index in [0.717, 1.165) is 12.8 Å². The zero-order chi connectivity index (χ0) is 11.7. The number of hydrogen-bond acceptors (Lipinski definition) is 3. The van der Waals surface area contributed by atoms with Crippen molar-refractivity contribution in [1.29, 1.82) is 0 Å². The predicted octanol–water partition coefficient (Wildman–Crippen LogP) is 1.63. The average Bonchev–Trinajstić information content (AvgIpc) is 2.19. The molecule has 1 fully saturated rings. The molecule has 1 aliphatic carbocycles. The molecule has 0 radical (unpaired) electrons. The summed E-state index contributed by atoms with van der Waals surface area (Å²) in [6.45, 7) is 2.13. The van der Waals surface area contributed by atoms with E-state index in [2.05, 4.69) is 12.2 Å². The molecule has 2 rings (SSSR count). The van der Waals surface area contributed by atoms with Gasteiger partial charge in [0, 0.05) is 6.04 Å². The normalized spacial score (nSPS) is 23.6. The summed E-state index contributed by atoms with van der Waals surface area (Å²) in [5.41, 5.74) is 0.125. The molecule has 0 aromatic heterocycles. The highest BCUT2D eigenvalue weighted by Gasteiger charge is 2.27. The van der Waals surface area contributed by atoms with Gasteiger partial charge in [0.25, 0.3) is 5.91 Å². The van der Waals surface area contributed by atoms with Gasteiger partial charge in [0.05, 0.1) is 5.56 Å². The van der Waals surface area contributed by atoms with Gasteiger partial charge in [-0.1, -0.05) is 6.92 Å². The second-order valence-electron chi connectivity index (χ2n) is 4.45. The number of phenolic OH excluding ortho intramolecular Hbond substituents is 2. The highest BCUT2D eigenvalue weighted by atomic mass is 16.3. The molecular weight excluding hydrogens is 206 g/mol. The molecule has 4 nitrogen and oxygen atoms in total. The first-order valence-electron chi connectivity index (χ1n) is 5.39. The smallest absolute Gasteiger partial charge is 0.255 e. The summed E-state index contributed by atoms with van der Waals surface area (Å²) in [7, 11) is 0. The van der Waals surface area contributed by atoms with Crippen molar-refractivity contribution in [3.63, 3.8) is 0 Å². The van der Waals surface area contributed by atoms with Gasteiger partial charge in [-0.25, -0.2) is 0 Å². The van der Waals surface area contributed by atoms with Gasteiger partial charge in [0.2, 0.25) is 0 Å². The highest BCUT2D eigenvalue weighted by molar-refractivity contribution is 5.97. The van der Waals surface area contributed by atoms with Crippen LogP contribution in [-0.2, 0) is 0 Å². The molecule has 1 aliphatic rings. The molecule has 0 bridgehead atoms. The van der Waals surface area contributed by atoms with Gasteiger partial charge in [0.1, 0.15) is 11.5 Å². The van der Waals surface area contributed by atoms with Gasteiger partial charge in [0.15, 0.2) is 0 Å². The van der Waals surface area contributed by atoms with Crippen molar-refractivity contribution in [3.05, 3.63) is 23.8 Å². The van der Waals surface area contributed by atoms with Crippen LogP contribution in [0.15, 0.2) is 18.2 Å². The summed E-state index contributed by atoms with van der Waals surface area (Å²) in [4.78, 5) is 11.7. The third kappa shape index (κ3) is 2.10. The van der Waals surface area contributed by atoms with Crippen LogP contribution >= 0.6 is 0 Å². The Bertz CT molecular complexity index is 411. The molecule has 0 spiro atoms. The molecule has 3 N–H and O–H groups in total. The van der Waals surface area contributed by atoms with Crippen LogP contribution in [0.1, 0.15) is 30.1 Å². The minimum Gasteiger partial charge on any atom is -0.508 e. The number of carbonyl (C=O) groups excluding carboxylic acids is 1. The van der Waals surface area contributed by atoms with Crippen molar-refractivity contribution in [3.8, 4) is 11.5 Å². The van der Waals surface area contributed by atoms with Crippen LogP contribution in [0.2, 0.25) is 0 Å². The Hall–Kier alpha value is -1.71. The summed E-state index contributed by atoms with van der Waals surface area (Å²) in [6.07, 6.45) is 1.95. The summed E-state index contributed by atoms with van der Waals surface area (Å²) in [6, 6.07) is 4.13. The van der Waals surface area contributed by atoms with Gasteiger partial charge in [-0.15, -0.1) is 0 Å². The number of amides is 1. The molecule has 0 unspecified atom stereocenters. The zero-order valence-corrected chi connectivity index (χ0v) is 9.10. The molecule has 1 saturated carbocycles. The quantitative estimate of drug-likeness (QED) is 0.665. The maximum Gasteiger partial charge on any atom is 0.255 e. The number of aromatic hydroxyl groups is 2. The van der Waals surface area contributed by atoms with E-state index in [1.54, 1.807) is 0 Å². The molecule has 4 heteroatoms. The van der Waals surface area contributed by atoms with E-state index in [1.165, 1.54) is 18.2 Å². The van der Waals surface area contributed by atoms with E-state index in [0.29, 0.717) is 5.92 Å². The van der Waals surface area contributed by atoms with Gasteiger partial charge < -0.3 is 15.5 Å². The minimum absolute atomic E-state index is 0.0232. The SMILES string of the molecule is CC1CC(NC(=O)c2cc(O)ccc2O)C1. The van der Waals surface area contributed by atoms with Crippen molar-refractivity contribution < 1.29 is 15.0 Å². The molecule has 16 heavy (non-hydrogen) atoms. The molecule has 0 heterocycles. The lowest BCUT2D eigenvalue weighted by Crippen LogP contribution is -2.43. The van der Waals surface area contributed by atoms with Crippen molar-refractivity contribution in [2.45, 2.75) is 25.8 Å². The van der Waals surface area contributed by atoms with Crippen molar-refractivity contribution in [2.24, 2.45) is 5.92 Å². The fraction of sp³-hybridized carbons (Fsp3) is 0.417. The van der Waals surface area contributed by atoms with Crippen LogP contribution in [-0.4, -0.2) is 22.2 Å². The molecule has 1 aromatic carbocycles. The fourth-order valence-electron chi connectivity index (χ4n) is 1.99. The van der Waals surface area contributed by atoms with Crippen LogP contribution in [0.4, 0.5) is 0 Å². The van der Waals surface area contributed by atoms with Crippen LogP contribution in [0, 0.1) is 5.92 Å². The first kappa shape index (κ1) is 10.8. The summed E-state index contributed by atoms with van der Waals surface area (Å²) in [5, 5.41) is 21.6. The van der Waals surface area contributed by atoms with E-state index >= 15 is 0 Å². The number of carbonyl (C=O) groups is 1. The van der Waals surface area contributed by atoms with E-state index in [-0.39, 0.29) is 29.0 Å². The van der Waals surface area contributed by atoms with Gasteiger partial charge in [-0.3, -0.25) is 4.79 Å². The largest absolute Gasteiger partial charge is 0.508 e. The van der Waals surface area contributed by atoms with Crippen LogP contribution in [0.25, 0.3) is 0 Å². The highest BCUT2D eigenvalue weighted by Crippen LogP contribution is 2.28. The summed E-state index contributed by atoms with van der Waals surface area (Å²) >= 11 is 0. The van der Waals surface area contributed by atoms with Crippen molar-refractivity contribution >= 4 is 5.91 Å². The Morgan fingerprint density at radius 3 is 2.69 bits per heavy atom. The summed E-state index contributed by atoms with van der Waals surface area (Å²) < 4.78 is 0. The van der Waals surface area contributed by atoms with E-state index in [4.69, 9.17) is 0 Å². The second kappa shape index (κ2) is 4.04. The molecular formula is C12H15NO3. The van der Waals surface area contributed by atoms with E-state index in [1.807, 2.05) is 0 Å². The monoisotopic (exact) mass is 221 g/mol. The third-order valence-electron chi connectivity index (χ3n) is 2.93. The van der Waals surface area contributed by atoms with Crippen molar-refractivity contribution in [2.75, 3.05) is 0 Å². The van der Waals surface area contributed by atoms with Gasteiger partial charge in [-0.2, -0.15) is 0 Å². The molecule has 0 aliphatic heterocycles. The number of rotatable bonds is 2. The topological polar surface area (TPSA) is 69.6 Å². The van der Waals surface area contributed by atoms with Crippen LogP contribution < -0.4 is 5.32 Å². The fourth-order valence-corrected chi connectivity index (χ4v) is 1.99. The molecule has 86 valence electrons. The number of hydrogen-bond donors (Lipinski definition) is 3. The third-order valence-corrected chi connectivity index (χ3v) is 2.93. The number of benzene rings is 1. The Morgan fingerprint density at radius 2 is 2.06 bits per heavy atom. The molecule has 0 atom stereocenters. The molecule has 0 saturated heterocycles. The number of nitrogens with one attached hydrogen (secondary N) is 1. The first-order valence-corrected chi connectivity index (χ1v) is 5.39. The maximum atomic E-state index is 11.7. The van der Waals surface area contributed by atoms with Gasteiger partial charge >= 0.3 is 0 Å². The molecule has 1 amide bonds. The Morgan fingerprint density at radius 1 is 1.38 bits per heavy atom. The second-order valence-corrected chi connectivity index (χ2v) is 4.45. The van der Waals surface area contributed by atoms with Crippen molar-refractivity contribution in [1.82, 2.24) is 5.32 Å². The lowest BCUT2D eigenvalue weighted by molar-refractivity contribution is 0.0893. The Balaban J connectivity index is 2.05. The number of phenols is 2. The zero-order valence-electron chi connectivity index (χ0n) is 9.10. The lowest BCUT2D eigenvalue weighted by Gasteiger charge is -2.33. The average molecular weight is 221 g/mol. The van der Waals surface area contributed by atoms with Crippen LogP contribution in [0.5, 0.6) is 11.5 Å².